The summed E-state index contributed by atoms with van der Waals surface area (Å²) in [5, 5.41) is 0.628. The summed E-state index contributed by atoms with van der Waals surface area (Å²) in [5.74, 6) is 0.870. The lowest BCUT2D eigenvalue weighted by Gasteiger charge is -2.22. The number of hydrogen-bond donors (Lipinski definition) is 1. The minimum absolute atomic E-state index is 0.186. The number of benzene rings is 1. The van der Waals surface area contributed by atoms with Gasteiger partial charge >= 0.3 is 0 Å². The largest absolute Gasteiger partial charge is 0.379 e. The zero-order valence-corrected chi connectivity index (χ0v) is 14.1. The third-order valence-electron chi connectivity index (χ3n) is 3.30. The molecule has 0 amide bonds. The molecular weight excluding hydrogens is 264 g/mol. The summed E-state index contributed by atoms with van der Waals surface area (Å²) in [6, 6.07) is 4.58. The van der Waals surface area contributed by atoms with E-state index in [0.29, 0.717) is 11.7 Å². The van der Waals surface area contributed by atoms with Crippen molar-refractivity contribution in [3.8, 4) is 0 Å². The fraction of sp³-hybridized carbons (Fsp3) is 0.471. The van der Waals surface area contributed by atoms with Crippen LogP contribution in [0.15, 0.2) is 29.8 Å². The maximum absolute atomic E-state index is 5.87. The van der Waals surface area contributed by atoms with Gasteiger partial charge in [0.05, 0.1) is 6.54 Å². The number of rotatable bonds is 4. The van der Waals surface area contributed by atoms with Crippen molar-refractivity contribution in [1.82, 2.24) is 0 Å². The molecule has 3 heteroatoms. The predicted octanol–water partition coefficient (Wildman–Crippen LogP) is 4.33. The smallest absolute Gasteiger partial charge is 0.154 e. The Kier molecular flexibility index (Phi) is 5.88. The number of hydrogen-bond acceptors (Lipinski definition) is 2. The molecule has 0 saturated carbocycles. The van der Waals surface area contributed by atoms with Crippen molar-refractivity contribution in [3.63, 3.8) is 0 Å². The van der Waals surface area contributed by atoms with Crippen LogP contribution in [0.1, 0.15) is 43.0 Å². The van der Waals surface area contributed by atoms with Gasteiger partial charge in [0, 0.05) is 5.75 Å². The van der Waals surface area contributed by atoms with Crippen LogP contribution < -0.4 is 5.73 Å². The SMILES string of the molecule is C=CCN=C(N)SCc1c(C)cc(C(C)(C)C)cc1C. The van der Waals surface area contributed by atoms with Gasteiger partial charge in [-0.25, -0.2) is 0 Å². The topological polar surface area (TPSA) is 38.4 Å². The van der Waals surface area contributed by atoms with E-state index in [1.807, 2.05) is 0 Å². The van der Waals surface area contributed by atoms with Gasteiger partial charge < -0.3 is 5.73 Å². The summed E-state index contributed by atoms with van der Waals surface area (Å²) in [7, 11) is 0. The number of nitrogens with two attached hydrogens (primary N) is 1. The van der Waals surface area contributed by atoms with E-state index in [1.165, 1.54) is 22.3 Å². The Bertz CT molecular complexity index is 487. The summed E-state index contributed by atoms with van der Waals surface area (Å²) in [4.78, 5) is 4.21. The van der Waals surface area contributed by atoms with Crippen LogP contribution in [0.3, 0.4) is 0 Å². The van der Waals surface area contributed by atoms with Crippen LogP contribution in [0.5, 0.6) is 0 Å². The highest BCUT2D eigenvalue weighted by atomic mass is 32.2. The Labute approximate surface area is 127 Å². The van der Waals surface area contributed by atoms with Crippen molar-refractivity contribution in [2.75, 3.05) is 6.54 Å². The Morgan fingerprint density at radius 1 is 1.30 bits per heavy atom. The van der Waals surface area contributed by atoms with E-state index in [9.17, 15) is 0 Å². The summed E-state index contributed by atoms with van der Waals surface area (Å²) < 4.78 is 0. The molecule has 0 bridgehead atoms. The van der Waals surface area contributed by atoms with Crippen molar-refractivity contribution in [3.05, 3.63) is 47.0 Å². The second kappa shape index (κ2) is 6.98. The van der Waals surface area contributed by atoms with Crippen LogP contribution in [0.25, 0.3) is 0 Å². The molecule has 0 aromatic heterocycles. The second-order valence-corrected chi connectivity index (χ2v) is 7.09. The first-order valence-corrected chi connectivity index (χ1v) is 7.88. The Balaban J connectivity index is 2.90. The average Bonchev–Trinajstić information content (AvgIpc) is 2.34. The molecule has 20 heavy (non-hydrogen) atoms. The first kappa shape index (κ1) is 16.8. The first-order valence-electron chi connectivity index (χ1n) is 6.90. The van der Waals surface area contributed by atoms with Crippen molar-refractivity contribution >= 4 is 16.9 Å². The summed E-state index contributed by atoms with van der Waals surface area (Å²) >= 11 is 1.59. The van der Waals surface area contributed by atoms with Crippen LogP contribution in [0.4, 0.5) is 0 Å². The number of nitrogens with zero attached hydrogens (tertiary/aromatic N) is 1. The lowest BCUT2D eigenvalue weighted by molar-refractivity contribution is 0.589. The normalized spacial score (nSPS) is 12.6. The summed E-state index contributed by atoms with van der Waals surface area (Å²) in [5.41, 5.74) is 11.5. The van der Waals surface area contributed by atoms with Crippen molar-refractivity contribution in [2.24, 2.45) is 10.7 Å². The molecule has 0 atom stereocenters. The van der Waals surface area contributed by atoms with E-state index >= 15 is 0 Å². The van der Waals surface area contributed by atoms with Crippen molar-refractivity contribution in [2.45, 2.75) is 45.8 Å². The number of thioether (sulfide) groups is 1. The molecule has 0 aliphatic heterocycles. The van der Waals surface area contributed by atoms with Gasteiger partial charge in [-0.1, -0.05) is 50.7 Å². The number of aliphatic imine (C=N–C) groups is 1. The Hall–Kier alpha value is -1.22. The van der Waals surface area contributed by atoms with Crippen LogP contribution in [-0.4, -0.2) is 11.7 Å². The van der Waals surface area contributed by atoms with Gasteiger partial charge in [0.1, 0.15) is 0 Å². The fourth-order valence-corrected chi connectivity index (χ4v) is 2.91. The zero-order chi connectivity index (χ0) is 15.3. The zero-order valence-electron chi connectivity index (χ0n) is 13.3. The molecule has 0 fully saturated rings. The number of aryl methyl sites for hydroxylation is 2. The van der Waals surface area contributed by atoms with E-state index in [4.69, 9.17) is 5.73 Å². The minimum atomic E-state index is 0.186. The molecule has 2 nitrogen and oxygen atoms in total. The van der Waals surface area contributed by atoms with Crippen LogP contribution >= 0.6 is 11.8 Å². The van der Waals surface area contributed by atoms with Crippen LogP contribution in [0, 0.1) is 13.8 Å². The molecule has 2 N–H and O–H groups in total. The van der Waals surface area contributed by atoms with Gasteiger partial charge in [0.2, 0.25) is 0 Å². The Morgan fingerprint density at radius 3 is 2.30 bits per heavy atom. The van der Waals surface area contributed by atoms with E-state index < -0.39 is 0 Å². The predicted molar refractivity (Wildman–Crippen MR) is 92.6 cm³/mol. The molecule has 1 aromatic rings. The van der Waals surface area contributed by atoms with E-state index in [2.05, 4.69) is 58.3 Å². The minimum Gasteiger partial charge on any atom is -0.379 e. The van der Waals surface area contributed by atoms with E-state index in [-0.39, 0.29) is 5.41 Å². The number of amidine groups is 1. The molecule has 0 aliphatic carbocycles. The van der Waals surface area contributed by atoms with E-state index in [0.717, 1.165) is 5.75 Å². The quantitative estimate of drug-likeness (QED) is 0.509. The van der Waals surface area contributed by atoms with Gasteiger partial charge in [0.15, 0.2) is 5.17 Å². The molecule has 0 unspecified atom stereocenters. The van der Waals surface area contributed by atoms with Gasteiger partial charge in [-0.2, -0.15) is 0 Å². The molecule has 0 heterocycles. The Morgan fingerprint density at radius 2 is 1.85 bits per heavy atom. The maximum Gasteiger partial charge on any atom is 0.154 e. The van der Waals surface area contributed by atoms with Gasteiger partial charge in [-0.3, -0.25) is 4.99 Å². The highest BCUT2D eigenvalue weighted by Crippen LogP contribution is 2.28. The monoisotopic (exact) mass is 290 g/mol. The van der Waals surface area contributed by atoms with Crippen LogP contribution in [-0.2, 0) is 11.2 Å². The standard InChI is InChI=1S/C17H26N2S/c1-7-8-19-16(18)20-11-15-12(2)9-14(10-13(15)3)17(4,5)6/h7,9-10H,1,8,11H2,2-6H3,(H2,18,19). The third kappa shape index (κ3) is 4.71. The van der Waals surface area contributed by atoms with E-state index in [1.54, 1.807) is 17.8 Å². The van der Waals surface area contributed by atoms with Crippen molar-refractivity contribution in [1.29, 1.82) is 0 Å². The molecule has 0 aliphatic rings. The highest BCUT2D eigenvalue weighted by molar-refractivity contribution is 8.13. The summed E-state index contributed by atoms with van der Waals surface area (Å²) in [6.45, 7) is 15.3. The van der Waals surface area contributed by atoms with Gasteiger partial charge in [-0.15, -0.1) is 6.58 Å². The lowest BCUT2D eigenvalue weighted by Crippen LogP contribution is -2.13. The molecular formula is C17H26N2S. The molecule has 0 spiro atoms. The molecule has 1 aromatic carbocycles. The van der Waals surface area contributed by atoms with Gasteiger partial charge in [0.25, 0.3) is 0 Å². The third-order valence-corrected chi connectivity index (χ3v) is 4.16. The first-order chi connectivity index (χ1) is 9.25. The summed E-state index contributed by atoms with van der Waals surface area (Å²) in [6.07, 6.45) is 1.75. The molecule has 1 rings (SSSR count). The lowest BCUT2D eigenvalue weighted by atomic mass is 9.84. The maximum atomic E-state index is 5.87. The van der Waals surface area contributed by atoms with Crippen LogP contribution in [0.2, 0.25) is 0 Å². The van der Waals surface area contributed by atoms with Crippen molar-refractivity contribution < 1.29 is 0 Å². The molecule has 0 radical (unpaired) electrons. The molecule has 110 valence electrons. The second-order valence-electron chi connectivity index (χ2n) is 6.09. The highest BCUT2D eigenvalue weighted by Gasteiger charge is 2.16. The average molecular weight is 290 g/mol. The fourth-order valence-electron chi connectivity index (χ4n) is 2.00. The molecule has 0 saturated heterocycles. The van der Waals surface area contributed by atoms with Gasteiger partial charge in [-0.05, 0) is 41.5 Å².